The topological polar surface area (TPSA) is 15.0 Å². The van der Waals surface area contributed by atoms with Crippen molar-refractivity contribution in [2.45, 2.75) is 6.04 Å². The number of nitrogens with zero attached hydrogens (tertiary/aromatic N) is 1. The van der Waals surface area contributed by atoms with Crippen LogP contribution in [0.3, 0.4) is 0 Å². The molecule has 38 valence electrons. The maximum atomic E-state index is 12.1. The molecule has 0 saturated carbocycles. The van der Waals surface area contributed by atoms with Crippen LogP contribution in [-0.4, -0.2) is 17.6 Å². The molecule has 7 heavy (non-hydrogen) atoms. The summed E-state index contributed by atoms with van der Waals surface area (Å²) in [4.78, 5) is 0. The summed E-state index contributed by atoms with van der Waals surface area (Å²) in [6.07, 6.45) is 1.40. The van der Waals surface area contributed by atoms with E-state index in [0.717, 1.165) is 6.54 Å². The molecule has 2 aliphatic rings. The minimum Gasteiger partial charge on any atom is -0.323 e. The van der Waals surface area contributed by atoms with Crippen LogP contribution < -0.4 is 5.43 Å². The SMILES string of the molecule is FC1=CNN2CC12. The van der Waals surface area contributed by atoms with Crippen molar-refractivity contribution in [3.8, 4) is 0 Å². The molecule has 0 spiro atoms. The fourth-order valence-corrected chi connectivity index (χ4v) is 0.759. The van der Waals surface area contributed by atoms with Gasteiger partial charge in [-0.05, 0) is 0 Å². The predicted octanol–water partition coefficient (Wildman–Crippen LogP) is -0.000300. The Morgan fingerprint density at radius 3 is 3.00 bits per heavy atom. The second-order valence-electron chi connectivity index (χ2n) is 1.83. The molecule has 2 nitrogen and oxygen atoms in total. The van der Waals surface area contributed by atoms with E-state index in [4.69, 9.17) is 0 Å². The maximum Gasteiger partial charge on any atom is 0.137 e. The van der Waals surface area contributed by atoms with Gasteiger partial charge in [-0.1, -0.05) is 0 Å². The van der Waals surface area contributed by atoms with Gasteiger partial charge in [-0.15, -0.1) is 0 Å². The maximum absolute atomic E-state index is 12.1. The zero-order valence-corrected chi connectivity index (χ0v) is 3.69. The normalized spacial score (nSPS) is 44.4. The molecule has 0 aliphatic carbocycles. The molecule has 0 amide bonds. The summed E-state index contributed by atoms with van der Waals surface area (Å²) in [5, 5.41) is 1.83. The fourth-order valence-electron chi connectivity index (χ4n) is 0.759. The largest absolute Gasteiger partial charge is 0.323 e. The molecule has 0 bridgehead atoms. The van der Waals surface area contributed by atoms with Crippen LogP contribution >= 0.6 is 0 Å². The first-order chi connectivity index (χ1) is 3.38. The van der Waals surface area contributed by atoms with Crippen molar-refractivity contribution in [1.29, 1.82) is 0 Å². The molecule has 0 aromatic carbocycles. The second-order valence-corrected chi connectivity index (χ2v) is 1.83. The van der Waals surface area contributed by atoms with Crippen molar-refractivity contribution >= 4 is 0 Å². The molecule has 0 aromatic rings. The van der Waals surface area contributed by atoms with E-state index in [9.17, 15) is 4.39 Å². The summed E-state index contributed by atoms with van der Waals surface area (Å²) in [5.74, 6) is -0.0278. The van der Waals surface area contributed by atoms with Crippen LogP contribution in [0.15, 0.2) is 12.0 Å². The average molecular weight is 100 g/mol. The first kappa shape index (κ1) is 3.43. The predicted molar refractivity (Wildman–Crippen MR) is 22.8 cm³/mol. The van der Waals surface area contributed by atoms with Crippen LogP contribution in [0, 0.1) is 0 Å². The van der Waals surface area contributed by atoms with Crippen LogP contribution in [0.4, 0.5) is 4.39 Å². The number of nitrogens with one attached hydrogen (secondary N) is 1. The van der Waals surface area contributed by atoms with E-state index in [2.05, 4.69) is 5.43 Å². The van der Waals surface area contributed by atoms with Crippen molar-refractivity contribution in [2.75, 3.05) is 6.54 Å². The Morgan fingerprint density at radius 1 is 2.00 bits per heavy atom. The lowest BCUT2D eigenvalue weighted by Gasteiger charge is -1.87. The van der Waals surface area contributed by atoms with E-state index in [1.807, 2.05) is 5.01 Å². The molecule has 2 aliphatic heterocycles. The molecule has 2 rings (SSSR count). The summed E-state index contributed by atoms with van der Waals surface area (Å²) in [7, 11) is 0. The third-order valence-corrected chi connectivity index (χ3v) is 1.30. The molecule has 1 fully saturated rings. The van der Waals surface area contributed by atoms with Gasteiger partial charge in [-0.3, -0.25) is 0 Å². The van der Waals surface area contributed by atoms with Crippen molar-refractivity contribution < 1.29 is 4.39 Å². The molecular formula is C4H5FN2. The van der Waals surface area contributed by atoms with Gasteiger partial charge in [0.15, 0.2) is 0 Å². The van der Waals surface area contributed by atoms with Crippen LogP contribution in [-0.2, 0) is 0 Å². The molecule has 1 saturated heterocycles. The van der Waals surface area contributed by atoms with Gasteiger partial charge in [0.25, 0.3) is 0 Å². The van der Waals surface area contributed by atoms with Gasteiger partial charge in [-0.25, -0.2) is 9.40 Å². The standard InChI is InChI=1S/C4H5FN2/c5-3-1-6-7-2-4(3)7/h1,4,6H,2H2. The van der Waals surface area contributed by atoms with E-state index in [1.165, 1.54) is 6.20 Å². The van der Waals surface area contributed by atoms with Crippen molar-refractivity contribution in [1.82, 2.24) is 10.4 Å². The van der Waals surface area contributed by atoms with E-state index < -0.39 is 0 Å². The molecule has 0 aromatic heterocycles. The molecular weight excluding hydrogens is 95.1 g/mol. The van der Waals surface area contributed by atoms with Gasteiger partial charge in [0.1, 0.15) is 5.83 Å². The number of hydrogen-bond acceptors (Lipinski definition) is 2. The van der Waals surface area contributed by atoms with E-state index in [1.54, 1.807) is 0 Å². The molecule has 3 heteroatoms. The lowest BCUT2D eigenvalue weighted by atomic mass is 10.4. The van der Waals surface area contributed by atoms with Gasteiger partial charge >= 0.3 is 0 Å². The van der Waals surface area contributed by atoms with Crippen molar-refractivity contribution in [3.63, 3.8) is 0 Å². The van der Waals surface area contributed by atoms with E-state index in [0.29, 0.717) is 0 Å². The quantitative estimate of drug-likeness (QED) is 0.431. The Morgan fingerprint density at radius 2 is 2.86 bits per heavy atom. The zero-order chi connectivity index (χ0) is 4.85. The summed E-state index contributed by atoms with van der Waals surface area (Å²) in [5.41, 5.74) is 2.74. The first-order valence-electron chi connectivity index (χ1n) is 2.26. The fraction of sp³-hybridized carbons (Fsp3) is 0.500. The lowest BCUT2D eigenvalue weighted by molar-refractivity contribution is 0.472. The smallest absolute Gasteiger partial charge is 0.137 e. The minimum atomic E-state index is -0.0278. The minimum absolute atomic E-state index is 0.0278. The van der Waals surface area contributed by atoms with Crippen molar-refractivity contribution in [3.05, 3.63) is 12.0 Å². The van der Waals surface area contributed by atoms with Gasteiger partial charge in [0, 0.05) is 12.7 Å². The number of rotatable bonds is 0. The Balaban J connectivity index is 2.25. The summed E-state index contributed by atoms with van der Waals surface area (Å²) in [6.45, 7) is 0.850. The number of halogens is 1. The Hall–Kier alpha value is -0.570. The highest BCUT2D eigenvalue weighted by Gasteiger charge is 2.41. The molecule has 1 N–H and O–H groups in total. The van der Waals surface area contributed by atoms with E-state index in [-0.39, 0.29) is 11.9 Å². The van der Waals surface area contributed by atoms with Gasteiger partial charge in [0.2, 0.25) is 0 Å². The van der Waals surface area contributed by atoms with Gasteiger partial charge in [0.05, 0.1) is 6.04 Å². The Kier molecular flexibility index (Phi) is 0.400. The summed E-state index contributed by atoms with van der Waals surface area (Å²) < 4.78 is 12.1. The lowest BCUT2D eigenvalue weighted by Crippen LogP contribution is -2.09. The second kappa shape index (κ2) is 0.816. The average Bonchev–Trinajstić information content (AvgIpc) is 2.33. The third kappa shape index (κ3) is 0.307. The van der Waals surface area contributed by atoms with Crippen molar-refractivity contribution in [2.24, 2.45) is 0 Å². The Labute approximate surface area is 40.6 Å². The highest BCUT2D eigenvalue weighted by Crippen LogP contribution is 2.27. The molecule has 2 heterocycles. The summed E-state index contributed by atoms with van der Waals surface area (Å²) >= 11 is 0. The van der Waals surface area contributed by atoms with Crippen LogP contribution in [0.2, 0.25) is 0 Å². The van der Waals surface area contributed by atoms with Gasteiger partial charge < -0.3 is 5.43 Å². The van der Waals surface area contributed by atoms with E-state index >= 15 is 0 Å². The highest BCUT2D eigenvalue weighted by atomic mass is 19.1. The number of hydrogen-bond donors (Lipinski definition) is 1. The monoisotopic (exact) mass is 100 g/mol. The van der Waals surface area contributed by atoms with Gasteiger partial charge in [-0.2, -0.15) is 0 Å². The van der Waals surface area contributed by atoms with Crippen LogP contribution in [0.5, 0.6) is 0 Å². The molecule has 2 atom stereocenters. The molecule has 0 radical (unpaired) electrons. The molecule has 2 unspecified atom stereocenters. The first-order valence-corrected chi connectivity index (χ1v) is 2.26. The number of hydrazine groups is 1. The van der Waals surface area contributed by atoms with Crippen LogP contribution in [0.1, 0.15) is 0 Å². The summed E-state index contributed by atoms with van der Waals surface area (Å²) in [6, 6.07) is 0.0972. The highest BCUT2D eigenvalue weighted by molar-refractivity contribution is 5.16. The Bertz CT molecular complexity index is 132. The third-order valence-electron chi connectivity index (χ3n) is 1.30. The van der Waals surface area contributed by atoms with Crippen LogP contribution in [0.25, 0.3) is 0 Å². The number of fused-ring (bicyclic) bond motifs is 1. The zero-order valence-electron chi connectivity index (χ0n) is 3.69.